The van der Waals surface area contributed by atoms with Crippen LogP contribution in [0.1, 0.15) is 5.56 Å². The zero-order chi connectivity index (χ0) is 14.8. The van der Waals surface area contributed by atoms with Crippen LogP contribution < -0.4 is 4.74 Å². The van der Waals surface area contributed by atoms with Crippen LogP contribution in [0.5, 0.6) is 17.2 Å². The van der Waals surface area contributed by atoms with Gasteiger partial charge in [-0.2, -0.15) is 5.26 Å². The third kappa shape index (κ3) is 2.69. The normalized spacial score (nSPS) is 10.3. The maximum absolute atomic E-state index is 10.1. The molecule has 0 atom stereocenters. The number of rotatable bonds is 2. The zero-order valence-corrected chi connectivity index (χ0v) is 12.5. The Morgan fingerprint density at radius 2 is 1.67 bits per heavy atom. The van der Waals surface area contributed by atoms with E-state index in [-0.39, 0.29) is 5.75 Å². The van der Waals surface area contributed by atoms with Crippen molar-refractivity contribution in [2.45, 2.75) is 0 Å². The molecular weight excluding hydrogens is 330 g/mol. The molecular formula is C17H10BrNO2. The number of hydrogen-bond acceptors (Lipinski definition) is 3. The van der Waals surface area contributed by atoms with Gasteiger partial charge in [0.2, 0.25) is 0 Å². The predicted molar refractivity (Wildman–Crippen MR) is 84.5 cm³/mol. The third-order valence-corrected chi connectivity index (χ3v) is 3.73. The van der Waals surface area contributed by atoms with Gasteiger partial charge in [0.1, 0.15) is 5.75 Å². The number of benzene rings is 3. The summed E-state index contributed by atoms with van der Waals surface area (Å²) in [4.78, 5) is 0. The van der Waals surface area contributed by atoms with E-state index in [4.69, 9.17) is 10.00 Å². The van der Waals surface area contributed by atoms with E-state index in [9.17, 15) is 5.11 Å². The Morgan fingerprint density at radius 3 is 2.33 bits per heavy atom. The van der Waals surface area contributed by atoms with Crippen molar-refractivity contribution in [2.75, 3.05) is 0 Å². The first-order valence-corrected chi connectivity index (χ1v) is 7.06. The van der Waals surface area contributed by atoms with Crippen LogP contribution in [0, 0.1) is 11.3 Å². The number of phenolic OH excluding ortho intramolecular Hbond substituents is 1. The van der Waals surface area contributed by atoms with Gasteiger partial charge in [-0.15, -0.1) is 0 Å². The van der Waals surface area contributed by atoms with Crippen LogP contribution in [0.3, 0.4) is 0 Å². The van der Waals surface area contributed by atoms with Crippen LogP contribution in [0.15, 0.2) is 59.1 Å². The highest BCUT2D eigenvalue weighted by Gasteiger charge is 2.09. The average molecular weight is 340 g/mol. The van der Waals surface area contributed by atoms with Crippen molar-refractivity contribution in [2.24, 2.45) is 0 Å². The fraction of sp³-hybridized carbons (Fsp3) is 0. The molecule has 3 nitrogen and oxygen atoms in total. The summed E-state index contributed by atoms with van der Waals surface area (Å²) in [6.07, 6.45) is 0. The van der Waals surface area contributed by atoms with Crippen molar-refractivity contribution < 1.29 is 9.84 Å². The van der Waals surface area contributed by atoms with Crippen molar-refractivity contribution >= 4 is 26.7 Å². The van der Waals surface area contributed by atoms with Gasteiger partial charge in [0.05, 0.1) is 16.1 Å². The number of nitrogens with zero attached hydrogens (tertiary/aromatic N) is 1. The number of hydrogen-bond donors (Lipinski definition) is 1. The summed E-state index contributed by atoms with van der Waals surface area (Å²) in [6.45, 7) is 0. The molecule has 4 heteroatoms. The summed E-state index contributed by atoms with van der Waals surface area (Å²) in [5, 5.41) is 20.8. The second-order valence-corrected chi connectivity index (χ2v) is 5.38. The van der Waals surface area contributed by atoms with E-state index < -0.39 is 0 Å². The highest BCUT2D eigenvalue weighted by atomic mass is 79.9. The quantitative estimate of drug-likeness (QED) is 0.716. The minimum Gasteiger partial charge on any atom is -0.504 e. The van der Waals surface area contributed by atoms with Crippen molar-refractivity contribution in [1.82, 2.24) is 0 Å². The van der Waals surface area contributed by atoms with Gasteiger partial charge in [-0.3, -0.25) is 0 Å². The van der Waals surface area contributed by atoms with E-state index in [0.717, 1.165) is 10.8 Å². The monoisotopic (exact) mass is 339 g/mol. The van der Waals surface area contributed by atoms with Crippen LogP contribution in [-0.2, 0) is 0 Å². The molecule has 3 aromatic carbocycles. The lowest BCUT2D eigenvalue weighted by Gasteiger charge is -2.10. The van der Waals surface area contributed by atoms with Gasteiger partial charge in [0.15, 0.2) is 11.5 Å². The van der Waals surface area contributed by atoms with Gasteiger partial charge in [0.25, 0.3) is 0 Å². The van der Waals surface area contributed by atoms with E-state index in [1.807, 2.05) is 24.3 Å². The molecule has 0 amide bonds. The molecule has 0 radical (unpaired) electrons. The topological polar surface area (TPSA) is 53.2 Å². The molecule has 3 aromatic rings. The van der Waals surface area contributed by atoms with Gasteiger partial charge >= 0.3 is 0 Å². The van der Waals surface area contributed by atoms with E-state index in [1.165, 1.54) is 0 Å². The number of aromatic hydroxyl groups is 1. The Morgan fingerprint density at radius 1 is 0.952 bits per heavy atom. The van der Waals surface area contributed by atoms with Crippen molar-refractivity contribution in [3.05, 3.63) is 64.6 Å². The summed E-state index contributed by atoms with van der Waals surface area (Å²) in [6, 6.07) is 18.3. The average Bonchev–Trinajstić information content (AvgIpc) is 2.49. The Bertz CT molecular complexity index is 868. The second kappa shape index (κ2) is 5.47. The fourth-order valence-electron chi connectivity index (χ4n) is 2.06. The summed E-state index contributed by atoms with van der Waals surface area (Å²) >= 11 is 3.36. The largest absolute Gasteiger partial charge is 0.504 e. The van der Waals surface area contributed by atoms with Gasteiger partial charge in [-0.25, -0.2) is 0 Å². The molecule has 0 saturated carbocycles. The van der Waals surface area contributed by atoms with Crippen LogP contribution in [0.4, 0.5) is 0 Å². The van der Waals surface area contributed by atoms with Gasteiger partial charge < -0.3 is 9.84 Å². The molecule has 0 heterocycles. The molecule has 0 fully saturated rings. The van der Waals surface area contributed by atoms with Crippen molar-refractivity contribution in [3.8, 4) is 23.3 Å². The Hall–Kier alpha value is -2.51. The predicted octanol–water partition coefficient (Wildman–Crippen LogP) is 4.97. The number of nitriles is 1. The fourth-order valence-corrected chi connectivity index (χ4v) is 2.52. The maximum atomic E-state index is 10.1. The molecule has 1 N–H and O–H groups in total. The Labute approximate surface area is 130 Å². The smallest absolute Gasteiger partial charge is 0.169 e. The van der Waals surface area contributed by atoms with E-state index >= 15 is 0 Å². The summed E-state index contributed by atoms with van der Waals surface area (Å²) in [5.74, 6) is 0.989. The molecule has 0 aliphatic heterocycles. The molecule has 3 rings (SSSR count). The minimum atomic E-state index is 0.0740. The third-order valence-electron chi connectivity index (χ3n) is 3.11. The molecule has 0 spiro atoms. The zero-order valence-electron chi connectivity index (χ0n) is 10.9. The minimum absolute atomic E-state index is 0.0740. The van der Waals surface area contributed by atoms with Crippen LogP contribution in [-0.4, -0.2) is 5.11 Å². The van der Waals surface area contributed by atoms with Crippen molar-refractivity contribution in [1.29, 1.82) is 5.26 Å². The lowest BCUT2D eigenvalue weighted by atomic mass is 10.1. The highest BCUT2D eigenvalue weighted by molar-refractivity contribution is 9.10. The lowest BCUT2D eigenvalue weighted by Crippen LogP contribution is -1.88. The number of phenols is 1. The molecule has 21 heavy (non-hydrogen) atoms. The maximum Gasteiger partial charge on any atom is 0.169 e. The first-order chi connectivity index (χ1) is 10.2. The molecule has 0 saturated heterocycles. The number of ether oxygens (including phenoxy) is 1. The van der Waals surface area contributed by atoms with Gasteiger partial charge in [-0.1, -0.05) is 24.3 Å². The van der Waals surface area contributed by atoms with E-state index in [2.05, 4.69) is 22.0 Å². The molecule has 0 aromatic heterocycles. The summed E-state index contributed by atoms with van der Waals surface area (Å²) in [7, 11) is 0. The molecule has 0 aliphatic carbocycles. The lowest BCUT2D eigenvalue weighted by molar-refractivity contribution is 0.411. The summed E-state index contributed by atoms with van der Waals surface area (Å²) < 4.78 is 6.40. The van der Waals surface area contributed by atoms with E-state index in [1.54, 1.807) is 30.3 Å². The van der Waals surface area contributed by atoms with Crippen molar-refractivity contribution in [3.63, 3.8) is 0 Å². The molecule has 0 unspecified atom stereocenters. The number of halogens is 1. The Balaban J connectivity index is 2.02. The molecule has 102 valence electrons. The Kier molecular flexibility index (Phi) is 3.51. The van der Waals surface area contributed by atoms with Crippen LogP contribution in [0.2, 0.25) is 0 Å². The molecule has 0 aliphatic rings. The SMILES string of the molecule is N#Cc1ccc(Oc2cc3ccccc3cc2O)c(Br)c1. The second-order valence-electron chi connectivity index (χ2n) is 4.53. The first-order valence-electron chi connectivity index (χ1n) is 6.26. The van der Waals surface area contributed by atoms with E-state index in [0.29, 0.717) is 21.5 Å². The van der Waals surface area contributed by atoms with Crippen LogP contribution >= 0.6 is 15.9 Å². The number of fused-ring (bicyclic) bond motifs is 1. The first kappa shape index (κ1) is 13.5. The van der Waals surface area contributed by atoms with Gasteiger partial charge in [-0.05, 0) is 57.0 Å². The molecule has 0 bridgehead atoms. The van der Waals surface area contributed by atoms with Crippen LogP contribution in [0.25, 0.3) is 10.8 Å². The van der Waals surface area contributed by atoms with Gasteiger partial charge in [0, 0.05) is 0 Å². The summed E-state index contributed by atoms with van der Waals surface area (Å²) in [5.41, 5.74) is 0.539. The standard InChI is InChI=1S/C17H10BrNO2/c18-14-7-11(10-19)5-6-16(14)21-17-9-13-4-2-1-3-12(13)8-15(17)20/h1-9,20H. The highest BCUT2D eigenvalue weighted by Crippen LogP contribution is 2.37.